The van der Waals surface area contributed by atoms with Crippen LogP contribution in [0.2, 0.25) is 0 Å². The van der Waals surface area contributed by atoms with Crippen molar-refractivity contribution in [2.45, 2.75) is 47.5 Å². The summed E-state index contributed by atoms with van der Waals surface area (Å²) < 4.78 is 0. The van der Waals surface area contributed by atoms with Crippen LogP contribution in [0.3, 0.4) is 0 Å². The quantitative estimate of drug-likeness (QED) is 0.379. The van der Waals surface area contributed by atoms with Gasteiger partial charge in [0.05, 0.1) is 10.6 Å². The molecular weight excluding hydrogens is 420 g/mol. The lowest BCUT2D eigenvalue weighted by molar-refractivity contribution is -0.384. The number of carbonyl (C=O) groups excluding carboxylic acids is 2. The summed E-state index contributed by atoms with van der Waals surface area (Å²) in [6.07, 6.45) is 1.12. The smallest absolute Gasteiger partial charge is 0.269 e. The molecule has 0 aromatic heterocycles. The van der Waals surface area contributed by atoms with Gasteiger partial charge in [-0.1, -0.05) is 26.8 Å². The minimum atomic E-state index is -1.21. The van der Waals surface area contributed by atoms with E-state index >= 15 is 0 Å². The number of non-ortho nitro benzene ring substituents is 1. The SMILES string of the molecule is Cc1ccc(NC(=O)C23CCC(C)(C(=NNc4ccc([N+](=O)[O-])cc4)C2=O)C3(C)C)cc1C. The Balaban J connectivity index is 1.65. The molecule has 2 fully saturated rings. The Kier molecular flexibility index (Phi) is 5.15. The third-order valence-corrected chi connectivity index (χ3v) is 8.10. The third kappa shape index (κ3) is 3.15. The topological polar surface area (TPSA) is 114 Å². The summed E-state index contributed by atoms with van der Waals surface area (Å²) in [5.74, 6) is -0.568. The molecule has 2 N–H and O–H groups in total. The number of aryl methyl sites for hydroxylation is 2. The lowest BCUT2D eigenvalue weighted by Crippen LogP contribution is -2.47. The number of nitrogens with one attached hydrogen (secondary N) is 2. The largest absolute Gasteiger partial charge is 0.325 e. The Morgan fingerprint density at radius 1 is 1.00 bits per heavy atom. The third-order valence-electron chi connectivity index (χ3n) is 8.10. The molecule has 2 unspecified atom stereocenters. The number of hydrogen-bond donors (Lipinski definition) is 2. The van der Waals surface area contributed by atoms with Gasteiger partial charge in [-0.2, -0.15) is 5.10 Å². The number of nitro benzene ring substituents is 1. The van der Waals surface area contributed by atoms with Crippen molar-refractivity contribution in [1.82, 2.24) is 0 Å². The summed E-state index contributed by atoms with van der Waals surface area (Å²) in [5, 5.41) is 18.3. The molecule has 0 radical (unpaired) electrons. The van der Waals surface area contributed by atoms with Crippen LogP contribution < -0.4 is 10.7 Å². The number of nitro groups is 1. The van der Waals surface area contributed by atoms with Crippen molar-refractivity contribution in [2.75, 3.05) is 10.7 Å². The average molecular weight is 449 g/mol. The molecule has 2 aromatic rings. The Morgan fingerprint density at radius 3 is 2.24 bits per heavy atom. The van der Waals surface area contributed by atoms with Gasteiger partial charge in [-0.25, -0.2) is 0 Å². The number of fused-ring (bicyclic) bond motifs is 2. The van der Waals surface area contributed by atoms with Crippen LogP contribution in [0.15, 0.2) is 47.6 Å². The number of Topliss-reactive ketones (excluding diaryl/α,β-unsaturated/α-hetero) is 1. The van der Waals surface area contributed by atoms with Crippen LogP contribution in [0.5, 0.6) is 0 Å². The summed E-state index contributed by atoms with van der Waals surface area (Å²) in [5.41, 5.74) is 4.12. The average Bonchev–Trinajstić information content (AvgIpc) is 3.04. The molecule has 2 aliphatic carbocycles. The number of nitrogens with zero attached hydrogens (tertiary/aromatic N) is 2. The van der Waals surface area contributed by atoms with E-state index in [9.17, 15) is 19.7 Å². The zero-order valence-corrected chi connectivity index (χ0v) is 19.5. The molecule has 2 atom stereocenters. The number of ketones is 1. The van der Waals surface area contributed by atoms with Gasteiger partial charge in [-0.05, 0) is 67.5 Å². The minimum Gasteiger partial charge on any atom is -0.325 e. The highest BCUT2D eigenvalue weighted by Crippen LogP contribution is 2.69. The second-order valence-corrected chi connectivity index (χ2v) is 9.82. The van der Waals surface area contributed by atoms with E-state index in [1.165, 1.54) is 24.3 Å². The van der Waals surface area contributed by atoms with Crippen molar-refractivity contribution in [2.24, 2.45) is 21.3 Å². The second kappa shape index (κ2) is 7.50. The number of rotatable bonds is 5. The van der Waals surface area contributed by atoms with Gasteiger partial charge in [0.25, 0.3) is 5.69 Å². The van der Waals surface area contributed by atoms with E-state index in [1.807, 2.05) is 52.8 Å². The fraction of sp³-hybridized carbons (Fsp3) is 0.400. The Hall–Kier alpha value is -3.55. The zero-order valence-electron chi connectivity index (χ0n) is 19.5. The molecule has 0 spiro atoms. The fourth-order valence-corrected chi connectivity index (χ4v) is 5.31. The highest BCUT2D eigenvalue weighted by Gasteiger charge is 2.76. The lowest BCUT2D eigenvalue weighted by atomic mass is 9.64. The van der Waals surface area contributed by atoms with Crippen LogP contribution in [-0.4, -0.2) is 22.3 Å². The van der Waals surface area contributed by atoms with E-state index in [0.29, 0.717) is 29.9 Å². The van der Waals surface area contributed by atoms with Crippen LogP contribution in [0.25, 0.3) is 0 Å². The Morgan fingerprint density at radius 2 is 1.64 bits per heavy atom. The number of hydrazone groups is 1. The van der Waals surface area contributed by atoms with Gasteiger partial charge in [0.15, 0.2) is 5.78 Å². The Labute approximate surface area is 192 Å². The molecule has 2 bridgehead atoms. The van der Waals surface area contributed by atoms with Crippen molar-refractivity contribution in [1.29, 1.82) is 0 Å². The zero-order chi connectivity index (χ0) is 24.2. The van der Waals surface area contributed by atoms with Crippen LogP contribution >= 0.6 is 0 Å². The highest BCUT2D eigenvalue weighted by molar-refractivity contribution is 6.51. The van der Waals surface area contributed by atoms with Crippen molar-refractivity contribution >= 4 is 34.5 Å². The van der Waals surface area contributed by atoms with Gasteiger partial charge in [0.2, 0.25) is 5.91 Å². The molecular formula is C25H28N4O4. The van der Waals surface area contributed by atoms with Gasteiger partial charge < -0.3 is 5.32 Å². The molecule has 8 nitrogen and oxygen atoms in total. The van der Waals surface area contributed by atoms with Crippen molar-refractivity contribution in [3.63, 3.8) is 0 Å². The van der Waals surface area contributed by atoms with Crippen LogP contribution in [-0.2, 0) is 9.59 Å². The van der Waals surface area contributed by atoms with E-state index in [2.05, 4.69) is 15.8 Å². The van der Waals surface area contributed by atoms with Gasteiger partial charge in [-0.15, -0.1) is 0 Å². The van der Waals surface area contributed by atoms with Crippen molar-refractivity contribution < 1.29 is 14.5 Å². The van der Waals surface area contributed by atoms with Gasteiger partial charge in [-0.3, -0.25) is 25.1 Å². The van der Waals surface area contributed by atoms with Crippen LogP contribution in [0.1, 0.15) is 44.7 Å². The minimum absolute atomic E-state index is 0.0285. The summed E-state index contributed by atoms with van der Waals surface area (Å²) in [7, 11) is 0. The number of amides is 1. The second-order valence-electron chi connectivity index (χ2n) is 9.82. The molecule has 0 heterocycles. The maximum atomic E-state index is 13.7. The van der Waals surface area contributed by atoms with E-state index in [-0.39, 0.29) is 17.4 Å². The van der Waals surface area contributed by atoms with E-state index in [4.69, 9.17) is 0 Å². The number of benzene rings is 2. The molecule has 2 saturated carbocycles. The predicted molar refractivity (Wildman–Crippen MR) is 127 cm³/mol. The normalized spacial score (nSPS) is 26.5. The van der Waals surface area contributed by atoms with Crippen molar-refractivity contribution in [3.8, 4) is 0 Å². The summed E-state index contributed by atoms with van der Waals surface area (Å²) in [4.78, 5) is 37.7. The first-order chi connectivity index (χ1) is 15.4. The molecule has 2 aromatic carbocycles. The fourth-order valence-electron chi connectivity index (χ4n) is 5.31. The number of hydrogen-bond acceptors (Lipinski definition) is 6. The van der Waals surface area contributed by atoms with Gasteiger partial charge >= 0.3 is 0 Å². The summed E-state index contributed by atoms with van der Waals surface area (Å²) in [6, 6.07) is 11.5. The first kappa shape index (κ1) is 22.6. The number of carbonyl (C=O) groups is 2. The van der Waals surface area contributed by atoms with Crippen molar-refractivity contribution in [3.05, 3.63) is 63.7 Å². The predicted octanol–water partition coefficient (Wildman–Crippen LogP) is 5.01. The van der Waals surface area contributed by atoms with Crippen LogP contribution in [0.4, 0.5) is 17.1 Å². The first-order valence-electron chi connectivity index (χ1n) is 11.0. The maximum absolute atomic E-state index is 13.7. The standard InChI is InChI=1S/C25H28N4O4/c1-15-6-7-18(14-16(15)2)26-22(31)25-13-12-24(5,23(25,3)4)20(21(25)30)28-27-17-8-10-19(11-9-17)29(32)33/h6-11,14,27H,12-13H2,1-5H3,(H,26,31). The van der Waals surface area contributed by atoms with Crippen LogP contribution in [0, 0.1) is 40.2 Å². The summed E-state index contributed by atoms with van der Waals surface area (Å²) in [6.45, 7) is 9.90. The van der Waals surface area contributed by atoms with Gasteiger partial charge in [0, 0.05) is 23.2 Å². The van der Waals surface area contributed by atoms with E-state index < -0.39 is 21.2 Å². The highest BCUT2D eigenvalue weighted by atomic mass is 16.6. The Bertz CT molecular complexity index is 1200. The molecule has 33 heavy (non-hydrogen) atoms. The lowest BCUT2D eigenvalue weighted by Gasteiger charge is -2.37. The number of anilines is 2. The molecule has 1 amide bonds. The first-order valence-corrected chi connectivity index (χ1v) is 11.0. The molecule has 0 saturated heterocycles. The van der Waals surface area contributed by atoms with E-state index in [0.717, 1.165) is 11.1 Å². The van der Waals surface area contributed by atoms with Gasteiger partial charge in [0.1, 0.15) is 11.1 Å². The maximum Gasteiger partial charge on any atom is 0.269 e. The monoisotopic (exact) mass is 448 g/mol. The molecule has 8 heteroatoms. The molecule has 2 aliphatic rings. The summed E-state index contributed by atoms with van der Waals surface area (Å²) >= 11 is 0. The van der Waals surface area contributed by atoms with E-state index in [1.54, 1.807) is 0 Å². The molecule has 0 aliphatic heterocycles. The molecule has 4 rings (SSSR count). The molecule has 172 valence electrons.